The van der Waals surface area contributed by atoms with Crippen molar-refractivity contribution in [3.63, 3.8) is 0 Å². The van der Waals surface area contributed by atoms with Gasteiger partial charge in [0.1, 0.15) is 0 Å². The van der Waals surface area contributed by atoms with Crippen molar-refractivity contribution in [3.8, 4) is 0 Å². The summed E-state index contributed by atoms with van der Waals surface area (Å²) in [5.41, 5.74) is 0.996. The Labute approximate surface area is 119 Å². The maximum absolute atomic E-state index is 12.1. The summed E-state index contributed by atoms with van der Waals surface area (Å²) in [7, 11) is -2.22. The topological polar surface area (TPSA) is 98.5 Å². The molecule has 0 aliphatic carbocycles. The SMILES string of the molecule is COCC(C)CNC(=O)c1cc(S(N)(=O)=O)ccc1C. The number of methoxy groups -OCH3 is 1. The third-order valence-electron chi connectivity index (χ3n) is 2.84. The second kappa shape index (κ2) is 6.83. The molecule has 3 N–H and O–H groups in total. The van der Waals surface area contributed by atoms with Crippen LogP contribution in [0.5, 0.6) is 0 Å². The van der Waals surface area contributed by atoms with Crippen molar-refractivity contribution in [1.82, 2.24) is 5.32 Å². The highest BCUT2D eigenvalue weighted by Crippen LogP contribution is 2.14. The Morgan fingerprint density at radius 2 is 2.10 bits per heavy atom. The van der Waals surface area contributed by atoms with Crippen molar-refractivity contribution in [1.29, 1.82) is 0 Å². The highest BCUT2D eigenvalue weighted by atomic mass is 32.2. The lowest BCUT2D eigenvalue weighted by molar-refractivity contribution is 0.0933. The standard InChI is InChI=1S/C13H20N2O4S/c1-9(8-19-3)7-15-13(16)12-6-11(20(14,17)18)5-4-10(12)2/h4-6,9H,7-8H2,1-3H3,(H,15,16)(H2,14,17,18). The van der Waals surface area contributed by atoms with Crippen molar-refractivity contribution < 1.29 is 17.9 Å². The molecule has 0 radical (unpaired) electrons. The number of amides is 1. The van der Waals surface area contributed by atoms with Crippen LogP contribution in [0.25, 0.3) is 0 Å². The number of carbonyl (C=O) groups excluding carboxylic acids is 1. The first kappa shape index (κ1) is 16.6. The molecule has 1 amide bonds. The summed E-state index contributed by atoms with van der Waals surface area (Å²) in [6.07, 6.45) is 0. The van der Waals surface area contributed by atoms with Gasteiger partial charge >= 0.3 is 0 Å². The van der Waals surface area contributed by atoms with Crippen LogP contribution < -0.4 is 10.5 Å². The normalized spacial score (nSPS) is 13.0. The average Bonchev–Trinajstić information content (AvgIpc) is 2.35. The molecule has 1 rings (SSSR count). The fourth-order valence-corrected chi connectivity index (χ4v) is 2.27. The van der Waals surface area contributed by atoms with E-state index in [1.165, 1.54) is 12.1 Å². The van der Waals surface area contributed by atoms with E-state index in [2.05, 4.69) is 5.32 Å². The Hall–Kier alpha value is -1.44. The Morgan fingerprint density at radius 1 is 1.45 bits per heavy atom. The number of ether oxygens (including phenoxy) is 1. The zero-order chi connectivity index (χ0) is 15.3. The quantitative estimate of drug-likeness (QED) is 0.806. The van der Waals surface area contributed by atoms with Gasteiger partial charge in [-0.05, 0) is 30.5 Å². The first-order valence-electron chi connectivity index (χ1n) is 6.16. The smallest absolute Gasteiger partial charge is 0.251 e. The third kappa shape index (κ3) is 4.59. The van der Waals surface area contributed by atoms with E-state index in [-0.39, 0.29) is 16.7 Å². The van der Waals surface area contributed by atoms with E-state index in [0.29, 0.717) is 24.3 Å². The van der Waals surface area contributed by atoms with Crippen molar-refractivity contribution >= 4 is 15.9 Å². The number of hydrogen-bond acceptors (Lipinski definition) is 4. The fourth-order valence-electron chi connectivity index (χ4n) is 1.73. The number of hydrogen-bond donors (Lipinski definition) is 2. The molecule has 1 aromatic carbocycles. The monoisotopic (exact) mass is 300 g/mol. The number of benzene rings is 1. The minimum atomic E-state index is -3.82. The third-order valence-corrected chi connectivity index (χ3v) is 3.76. The highest BCUT2D eigenvalue weighted by molar-refractivity contribution is 7.89. The van der Waals surface area contributed by atoms with Crippen LogP contribution in [0.1, 0.15) is 22.8 Å². The van der Waals surface area contributed by atoms with Crippen LogP contribution in [-0.2, 0) is 14.8 Å². The molecular formula is C13H20N2O4S. The van der Waals surface area contributed by atoms with Crippen LogP contribution >= 0.6 is 0 Å². The molecule has 1 atom stereocenters. The van der Waals surface area contributed by atoms with Crippen LogP contribution in [0.4, 0.5) is 0 Å². The lowest BCUT2D eigenvalue weighted by atomic mass is 10.1. The predicted octanol–water partition coefficient (Wildman–Crippen LogP) is 0.655. The molecule has 112 valence electrons. The van der Waals surface area contributed by atoms with Crippen molar-refractivity contribution in [2.45, 2.75) is 18.7 Å². The number of aryl methyl sites for hydroxylation is 1. The van der Waals surface area contributed by atoms with Gasteiger partial charge in [0, 0.05) is 19.2 Å². The molecule has 7 heteroatoms. The second-order valence-corrected chi connectivity index (χ2v) is 6.35. The largest absolute Gasteiger partial charge is 0.384 e. The molecule has 6 nitrogen and oxygen atoms in total. The van der Waals surface area contributed by atoms with Gasteiger partial charge in [-0.2, -0.15) is 0 Å². The second-order valence-electron chi connectivity index (χ2n) is 4.79. The van der Waals surface area contributed by atoms with Crippen molar-refractivity contribution in [2.75, 3.05) is 20.3 Å². The number of nitrogens with two attached hydrogens (primary N) is 1. The van der Waals surface area contributed by atoms with E-state index in [0.717, 1.165) is 0 Å². The molecule has 0 saturated carbocycles. The molecule has 0 heterocycles. The fraction of sp³-hybridized carbons (Fsp3) is 0.462. The molecule has 0 aliphatic heterocycles. The molecule has 0 bridgehead atoms. The molecular weight excluding hydrogens is 280 g/mol. The minimum absolute atomic E-state index is 0.0711. The van der Waals surface area contributed by atoms with E-state index in [1.807, 2.05) is 6.92 Å². The highest BCUT2D eigenvalue weighted by Gasteiger charge is 2.15. The summed E-state index contributed by atoms with van der Waals surface area (Å²) in [4.78, 5) is 12.0. The van der Waals surface area contributed by atoms with E-state index >= 15 is 0 Å². The van der Waals surface area contributed by atoms with Gasteiger partial charge in [-0.25, -0.2) is 13.6 Å². The molecule has 0 fully saturated rings. The summed E-state index contributed by atoms with van der Waals surface area (Å²) in [6, 6.07) is 4.24. The van der Waals surface area contributed by atoms with Gasteiger partial charge in [0.2, 0.25) is 10.0 Å². The molecule has 0 spiro atoms. The van der Waals surface area contributed by atoms with Crippen LogP contribution in [0.15, 0.2) is 23.1 Å². The van der Waals surface area contributed by atoms with E-state index in [4.69, 9.17) is 9.88 Å². The number of carbonyl (C=O) groups is 1. The maximum atomic E-state index is 12.1. The van der Waals surface area contributed by atoms with Gasteiger partial charge in [-0.3, -0.25) is 4.79 Å². The van der Waals surface area contributed by atoms with Gasteiger partial charge in [0.25, 0.3) is 5.91 Å². The summed E-state index contributed by atoms with van der Waals surface area (Å²) in [5, 5.41) is 7.81. The summed E-state index contributed by atoms with van der Waals surface area (Å²) >= 11 is 0. The van der Waals surface area contributed by atoms with Crippen molar-refractivity contribution in [3.05, 3.63) is 29.3 Å². The van der Waals surface area contributed by atoms with Crippen LogP contribution in [0, 0.1) is 12.8 Å². The first-order valence-corrected chi connectivity index (χ1v) is 7.71. The number of primary sulfonamides is 1. The average molecular weight is 300 g/mol. The first-order chi connectivity index (χ1) is 9.25. The van der Waals surface area contributed by atoms with Crippen LogP contribution in [0.2, 0.25) is 0 Å². The van der Waals surface area contributed by atoms with E-state index in [1.54, 1.807) is 20.1 Å². The van der Waals surface area contributed by atoms with E-state index < -0.39 is 10.0 Å². The zero-order valence-corrected chi connectivity index (χ0v) is 12.7. The number of rotatable bonds is 6. The molecule has 20 heavy (non-hydrogen) atoms. The van der Waals surface area contributed by atoms with Gasteiger partial charge in [0.15, 0.2) is 0 Å². The summed E-state index contributed by atoms with van der Waals surface area (Å²) in [6.45, 7) is 4.67. The predicted molar refractivity (Wildman–Crippen MR) is 75.9 cm³/mol. The van der Waals surface area contributed by atoms with Crippen molar-refractivity contribution in [2.24, 2.45) is 11.1 Å². The Bertz CT molecular complexity index is 584. The number of nitrogens with one attached hydrogen (secondary N) is 1. The van der Waals surface area contributed by atoms with Gasteiger partial charge < -0.3 is 10.1 Å². The van der Waals surface area contributed by atoms with Gasteiger partial charge in [-0.1, -0.05) is 13.0 Å². The lowest BCUT2D eigenvalue weighted by Gasteiger charge is -2.13. The van der Waals surface area contributed by atoms with E-state index in [9.17, 15) is 13.2 Å². The summed E-state index contributed by atoms with van der Waals surface area (Å²) in [5.74, 6) is -0.151. The molecule has 0 aliphatic rings. The van der Waals surface area contributed by atoms with Gasteiger partial charge in [-0.15, -0.1) is 0 Å². The number of sulfonamides is 1. The zero-order valence-electron chi connectivity index (χ0n) is 11.8. The molecule has 0 aromatic heterocycles. The molecule has 1 aromatic rings. The molecule has 1 unspecified atom stereocenters. The lowest BCUT2D eigenvalue weighted by Crippen LogP contribution is -2.30. The van der Waals surface area contributed by atoms with Gasteiger partial charge in [0.05, 0.1) is 11.5 Å². The minimum Gasteiger partial charge on any atom is -0.384 e. The molecule has 0 saturated heterocycles. The maximum Gasteiger partial charge on any atom is 0.251 e. The van der Waals surface area contributed by atoms with Crippen LogP contribution in [0.3, 0.4) is 0 Å². The Balaban J connectivity index is 2.87. The Kier molecular flexibility index (Phi) is 5.67. The summed E-state index contributed by atoms with van der Waals surface area (Å²) < 4.78 is 27.6. The van der Waals surface area contributed by atoms with Crippen LogP contribution in [-0.4, -0.2) is 34.6 Å². The Morgan fingerprint density at radius 3 is 2.65 bits per heavy atom.